The molecule has 2 N–H and O–H groups in total. The summed E-state index contributed by atoms with van der Waals surface area (Å²) in [5.41, 5.74) is 4.24. The van der Waals surface area contributed by atoms with Crippen LogP contribution in [0.1, 0.15) is 0 Å². The van der Waals surface area contributed by atoms with Crippen LogP contribution < -0.4 is 24.8 Å². The molecule has 0 amide bonds. The van der Waals surface area contributed by atoms with Crippen LogP contribution in [0.25, 0.3) is 22.1 Å². The molecule has 0 aliphatic rings. The summed E-state index contributed by atoms with van der Waals surface area (Å²) in [4.78, 5) is 14.1. The van der Waals surface area contributed by atoms with E-state index >= 15 is 0 Å². The van der Waals surface area contributed by atoms with Crippen molar-refractivity contribution in [3.63, 3.8) is 0 Å². The van der Waals surface area contributed by atoms with Crippen LogP contribution in [0, 0.1) is 0 Å². The van der Waals surface area contributed by atoms with Crippen molar-refractivity contribution in [2.24, 2.45) is 0 Å². The Labute approximate surface area is 148 Å². The van der Waals surface area contributed by atoms with Gasteiger partial charge in [0.2, 0.25) is 0 Å². The summed E-state index contributed by atoms with van der Waals surface area (Å²) in [5.74, 6) is 0. The average Bonchev–Trinajstić information content (AvgIpc) is 3.08. The van der Waals surface area contributed by atoms with E-state index in [0.717, 1.165) is 22.1 Å². The topological polar surface area (TPSA) is 57.4 Å². The number of hydrogen-bond donors (Lipinski definition) is 2. The summed E-state index contributed by atoms with van der Waals surface area (Å²) in [5, 5.41) is 0. The van der Waals surface area contributed by atoms with Crippen LogP contribution in [0.2, 0.25) is 0 Å². The Morgan fingerprint density at radius 2 is 1.00 bits per heavy atom. The molecular formula is C14H12Cl2N4Pt. The molecule has 7 heteroatoms. The molecular weight excluding hydrogens is 490 g/mol. The second kappa shape index (κ2) is 9.56. The largest absolute Gasteiger partial charge is 2.00 e. The van der Waals surface area contributed by atoms with E-state index in [1.165, 1.54) is 0 Å². The molecule has 0 spiro atoms. The van der Waals surface area contributed by atoms with Crippen LogP contribution in [0.4, 0.5) is 0 Å². The maximum Gasteiger partial charge on any atom is 2.00 e. The minimum atomic E-state index is 0. The molecule has 0 saturated heterocycles. The van der Waals surface area contributed by atoms with Gasteiger partial charge >= 0.3 is 21.1 Å². The van der Waals surface area contributed by atoms with Crippen LogP contribution in [-0.4, -0.2) is 19.9 Å². The number of nitrogens with zero attached hydrogens (tertiary/aromatic N) is 2. The molecule has 4 rings (SSSR count). The van der Waals surface area contributed by atoms with Gasteiger partial charge in [0.15, 0.2) is 0 Å². The fourth-order valence-electron chi connectivity index (χ4n) is 1.76. The van der Waals surface area contributed by atoms with Gasteiger partial charge in [-0.05, 0) is 24.3 Å². The molecule has 21 heavy (non-hydrogen) atoms. The first kappa shape index (κ1) is 19.6. The van der Waals surface area contributed by atoms with Gasteiger partial charge < -0.3 is 34.8 Å². The quantitative estimate of drug-likeness (QED) is 0.272. The van der Waals surface area contributed by atoms with Gasteiger partial charge in [-0.2, -0.15) is 0 Å². The van der Waals surface area contributed by atoms with E-state index in [2.05, 4.69) is 19.9 Å². The van der Waals surface area contributed by atoms with E-state index < -0.39 is 0 Å². The summed E-state index contributed by atoms with van der Waals surface area (Å²) >= 11 is 0. The van der Waals surface area contributed by atoms with Crippen LogP contribution >= 0.6 is 0 Å². The molecule has 0 saturated carbocycles. The average molecular weight is 502 g/mol. The zero-order valence-electron chi connectivity index (χ0n) is 10.7. The third kappa shape index (κ3) is 4.85. The number of para-hydroxylation sites is 4. The molecule has 4 aromatic rings. The van der Waals surface area contributed by atoms with Gasteiger partial charge in [0.05, 0.1) is 34.7 Å². The van der Waals surface area contributed by atoms with Crippen LogP contribution in [-0.2, 0) is 21.1 Å². The number of halogens is 2. The number of benzene rings is 2. The van der Waals surface area contributed by atoms with Crippen LogP contribution in [0.3, 0.4) is 0 Å². The summed E-state index contributed by atoms with van der Waals surface area (Å²) in [7, 11) is 0. The molecule has 0 aliphatic carbocycles. The minimum absolute atomic E-state index is 0. The van der Waals surface area contributed by atoms with Crippen LogP contribution in [0.5, 0.6) is 0 Å². The number of fused-ring (bicyclic) bond motifs is 2. The Morgan fingerprint density at radius 1 is 0.619 bits per heavy atom. The Morgan fingerprint density at radius 3 is 1.38 bits per heavy atom. The predicted octanol–water partition coefficient (Wildman–Crippen LogP) is -2.87. The fraction of sp³-hybridized carbons (Fsp3) is 0. The van der Waals surface area contributed by atoms with Crippen molar-refractivity contribution in [1.29, 1.82) is 0 Å². The molecule has 2 heterocycles. The number of aromatic amines is 2. The third-order valence-electron chi connectivity index (χ3n) is 2.66. The molecule has 0 radical (unpaired) electrons. The van der Waals surface area contributed by atoms with Gasteiger partial charge in [0.25, 0.3) is 0 Å². The fourth-order valence-corrected chi connectivity index (χ4v) is 1.76. The molecule has 0 bridgehead atoms. The maximum absolute atomic E-state index is 4.06. The number of aromatic nitrogens is 4. The number of nitrogens with one attached hydrogen (secondary N) is 2. The van der Waals surface area contributed by atoms with Gasteiger partial charge in [0.1, 0.15) is 0 Å². The molecule has 0 unspecified atom stereocenters. The number of rotatable bonds is 0. The van der Waals surface area contributed by atoms with Crippen molar-refractivity contribution in [2.75, 3.05) is 0 Å². The number of imidazole rings is 2. The first-order chi connectivity index (χ1) is 8.93. The van der Waals surface area contributed by atoms with Gasteiger partial charge in [-0.1, -0.05) is 24.3 Å². The van der Waals surface area contributed by atoms with Gasteiger partial charge in [0, 0.05) is 0 Å². The standard InChI is InChI=1S/2C7H6N2.2ClH.Pt/c2*1-2-4-7-6(3-1)8-5-9-7;;;/h2*1-5H,(H,8,9);2*1H;/q;;;;+2/p-2. The monoisotopic (exact) mass is 501 g/mol. The Hall–Kier alpha value is -1.35. The molecule has 2 aromatic heterocycles. The minimum Gasteiger partial charge on any atom is -1.00 e. The van der Waals surface area contributed by atoms with Crippen LogP contribution in [0.15, 0.2) is 61.2 Å². The van der Waals surface area contributed by atoms with E-state index in [9.17, 15) is 0 Å². The molecule has 0 atom stereocenters. The van der Waals surface area contributed by atoms with Gasteiger partial charge in [-0.3, -0.25) is 0 Å². The molecule has 2 aromatic carbocycles. The van der Waals surface area contributed by atoms with E-state index in [-0.39, 0.29) is 45.9 Å². The predicted molar refractivity (Wildman–Crippen MR) is 72.2 cm³/mol. The van der Waals surface area contributed by atoms with Crippen molar-refractivity contribution >= 4 is 22.1 Å². The molecule has 0 fully saturated rings. The number of hydrogen-bond acceptors (Lipinski definition) is 2. The first-order valence-electron chi connectivity index (χ1n) is 5.70. The summed E-state index contributed by atoms with van der Waals surface area (Å²) in [6, 6.07) is 15.9. The van der Waals surface area contributed by atoms with E-state index in [4.69, 9.17) is 0 Å². The van der Waals surface area contributed by atoms with E-state index in [1.54, 1.807) is 12.7 Å². The smallest absolute Gasteiger partial charge is 1.00 e. The Balaban J connectivity index is 0.000000333. The zero-order valence-corrected chi connectivity index (χ0v) is 14.5. The van der Waals surface area contributed by atoms with Crippen molar-refractivity contribution in [1.82, 2.24) is 19.9 Å². The SMILES string of the molecule is [Cl-].[Cl-].[Pt+2].c1ccc2[nH]cnc2c1.c1ccc2[nH]cnc2c1. The second-order valence-corrected chi connectivity index (χ2v) is 3.84. The van der Waals surface area contributed by atoms with Gasteiger partial charge in [-0.25, -0.2) is 9.97 Å². The maximum atomic E-state index is 4.06. The van der Waals surface area contributed by atoms with Gasteiger partial charge in [-0.15, -0.1) is 0 Å². The molecule has 112 valence electrons. The Kier molecular flexibility index (Phi) is 8.94. The first-order valence-corrected chi connectivity index (χ1v) is 5.70. The summed E-state index contributed by atoms with van der Waals surface area (Å²) in [6.45, 7) is 0. The van der Waals surface area contributed by atoms with Crippen molar-refractivity contribution in [2.45, 2.75) is 0 Å². The third-order valence-corrected chi connectivity index (χ3v) is 2.66. The van der Waals surface area contributed by atoms with Crippen molar-refractivity contribution in [3.05, 3.63) is 61.2 Å². The normalized spacial score (nSPS) is 8.76. The second-order valence-electron chi connectivity index (χ2n) is 3.84. The molecule has 0 aliphatic heterocycles. The Bertz CT molecular complexity index is 643. The van der Waals surface area contributed by atoms with Crippen molar-refractivity contribution in [3.8, 4) is 0 Å². The zero-order chi connectivity index (χ0) is 12.2. The summed E-state index contributed by atoms with van der Waals surface area (Å²) in [6.07, 6.45) is 3.40. The van der Waals surface area contributed by atoms with Crippen molar-refractivity contribution < 1.29 is 45.9 Å². The van der Waals surface area contributed by atoms with E-state index in [0.29, 0.717) is 0 Å². The summed E-state index contributed by atoms with van der Waals surface area (Å²) < 4.78 is 0. The molecule has 4 nitrogen and oxygen atoms in total. The number of H-pyrrole nitrogens is 2. The van der Waals surface area contributed by atoms with E-state index in [1.807, 2.05) is 48.5 Å².